The Kier molecular flexibility index (Phi) is 7.68. The van der Waals surface area contributed by atoms with Crippen molar-refractivity contribution < 1.29 is 13.2 Å². The summed E-state index contributed by atoms with van der Waals surface area (Å²) in [6.07, 6.45) is 6.95. The van der Waals surface area contributed by atoms with E-state index in [4.69, 9.17) is 0 Å². The summed E-state index contributed by atoms with van der Waals surface area (Å²) < 4.78 is 36.9. The number of halogens is 3. The zero-order chi connectivity index (χ0) is 15.0. The van der Waals surface area contributed by atoms with Crippen molar-refractivity contribution >= 4 is 0 Å². The second-order valence-electron chi connectivity index (χ2n) is 6.27. The van der Waals surface area contributed by atoms with Crippen LogP contribution >= 0.6 is 0 Å². The third-order valence-electron chi connectivity index (χ3n) is 4.30. The van der Waals surface area contributed by atoms with E-state index < -0.39 is 12.6 Å². The maximum Gasteiger partial charge on any atom is 0.389 e. The Balaban J connectivity index is 2.48. The minimum absolute atomic E-state index is 0.215. The number of allylic oxidation sites excluding steroid dienone is 2. The van der Waals surface area contributed by atoms with Crippen LogP contribution in [0.15, 0.2) is 11.6 Å². The van der Waals surface area contributed by atoms with Crippen molar-refractivity contribution in [3.05, 3.63) is 11.6 Å². The van der Waals surface area contributed by atoms with E-state index in [1.165, 1.54) is 38.5 Å². The molecule has 0 aromatic rings. The lowest BCUT2D eigenvalue weighted by molar-refractivity contribution is -0.134. The fourth-order valence-electron chi connectivity index (χ4n) is 3.41. The van der Waals surface area contributed by atoms with Crippen molar-refractivity contribution in [2.24, 2.45) is 11.8 Å². The normalized spacial score (nSPS) is 20.3. The SMILES string of the molecule is CCCC(CCC)C[C@H]1C=C(CCC(F)(F)F)CCC1. The van der Waals surface area contributed by atoms with Gasteiger partial charge in [-0.3, -0.25) is 0 Å². The monoisotopic (exact) mass is 290 g/mol. The maximum atomic E-state index is 12.3. The van der Waals surface area contributed by atoms with Crippen molar-refractivity contribution in [3.8, 4) is 0 Å². The van der Waals surface area contributed by atoms with Crippen LogP contribution in [-0.2, 0) is 0 Å². The van der Waals surface area contributed by atoms with Gasteiger partial charge in [-0.15, -0.1) is 0 Å². The quantitative estimate of drug-likeness (QED) is 0.438. The smallest absolute Gasteiger partial charge is 0.171 e. The molecule has 1 aliphatic carbocycles. The minimum Gasteiger partial charge on any atom is -0.171 e. The zero-order valence-electron chi connectivity index (χ0n) is 12.9. The van der Waals surface area contributed by atoms with Gasteiger partial charge in [-0.1, -0.05) is 51.2 Å². The number of hydrogen-bond donors (Lipinski definition) is 0. The summed E-state index contributed by atoms with van der Waals surface area (Å²) in [6, 6.07) is 0. The molecule has 0 heterocycles. The summed E-state index contributed by atoms with van der Waals surface area (Å²) in [6.45, 7) is 4.43. The molecule has 0 radical (unpaired) electrons. The largest absolute Gasteiger partial charge is 0.389 e. The standard InChI is InChI=1S/C17H29F3/c1-3-6-14(7-4-2)12-16-9-5-8-15(13-16)10-11-17(18,19)20/h13-14,16H,3-12H2,1-2H3/t16-/m0/s1. The van der Waals surface area contributed by atoms with Gasteiger partial charge in [0.15, 0.2) is 0 Å². The van der Waals surface area contributed by atoms with Gasteiger partial charge < -0.3 is 0 Å². The predicted octanol–water partition coefficient (Wildman–Crippen LogP) is 6.66. The molecule has 0 N–H and O–H groups in total. The summed E-state index contributed by atoms with van der Waals surface area (Å²) >= 11 is 0. The maximum absolute atomic E-state index is 12.3. The molecule has 0 aliphatic heterocycles. The fraction of sp³-hybridized carbons (Fsp3) is 0.882. The summed E-state index contributed by atoms with van der Waals surface area (Å²) in [5, 5.41) is 0. The third kappa shape index (κ3) is 7.35. The zero-order valence-corrected chi connectivity index (χ0v) is 12.9. The lowest BCUT2D eigenvalue weighted by Crippen LogP contribution is -2.13. The summed E-state index contributed by atoms with van der Waals surface area (Å²) in [4.78, 5) is 0. The molecule has 1 rings (SSSR count). The molecule has 0 aromatic heterocycles. The van der Waals surface area contributed by atoms with Crippen molar-refractivity contribution in [1.82, 2.24) is 0 Å². The Hall–Kier alpha value is -0.470. The third-order valence-corrected chi connectivity index (χ3v) is 4.30. The van der Waals surface area contributed by atoms with E-state index in [0.29, 0.717) is 5.92 Å². The van der Waals surface area contributed by atoms with Gasteiger partial charge in [0.05, 0.1) is 0 Å². The van der Waals surface area contributed by atoms with Crippen LogP contribution < -0.4 is 0 Å². The van der Waals surface area contributed by atoms with Crippen LogP contribution in [0.3, 0.4) is 0 Å². The van der Waals surface area contributed by atoms with E-state index >= 15 is 0 Å². The topological polar surface area (TPSA) is 0 Å². The molecular weight excluding hydrogens is 261 g/mol. The average Bonchev–Trinajstić information content (AvgIpc) is 2.37. The molecule has 1 atom stereocenters. The Morgan fingerprint density at radius 2 is 1.85 bits per heavy atom. The highest BCUT2D eigenvalue weighted by Gasteiger charge is 2.27. The molecule has 0 amide bonds. The highest BCUT2D eigenvalue weighted by atomic mass is 19.4. The Morgan fingerprint density at radius 1 is 1.20 bits per heavy atom. The molecule has 0 saturated heterocycles. The van der Waals surface area contributed by atoms with Crippen LogP contribution in [0.25, 0.3) is 0 Å². The first-order valence-corrected chi connectivity index (χ1v) is 8.21. The molecule has 3 heteroatoms. The Labute approximate surface area is 121 Å². The molecule has 0 bridgehead atoms. The first kappa shape index (κ1) is 17.6. The number of rotatable bonds is 8. The average molecular weight is 290 g/mol. The predicted molar refractivity (Wildman–Crippen MR) is 78.6 cm³/mol. The Morgan fingerprint density at radius 3 is 2.40 bits per heavy atom. The van der Waals surface area contributed by atoms with Crippen molar-refractivity contribution in [2.75, 3.05) is 0 Å². The first-order valence-electron chi connectivity index (χ1n) is 8.21. The van der Waals surface area contributed by atoms with Crippen molar-refractivity contribution in [1.29, 1.82) is 0 Å². The van der Waals surface area contributed by atoms with Gasteiger partial charge in [0.1, 0.15) is 0 Å². The second kappa shape index (κ2) is 8.74. The summed E-state index contributed by atoms with van der Waals surface area (Å²) in [5.74, 6) is 1.28. The molecule has 118 valence electrons. The van der Waals surface area contributed by atoms with Crippen LogP contribution in [-0.4, -0.2) is 6.18 Å². The molecule has 0 fully saturated rings. The fourth-order valence-corrected chi connectivity index (χ4v) is 3.41. The molecule has 0 saturated carbocycles. The highest BCUT2D eigenvalue weighted by molar-refractivity contribution is 5.08. The molecule has 20 heavy (non-hydrogen) atoms. The highest BCUT2D eigenvalue weighted by Crippen LogP contribution is 2.34. The van der Waals surface area contributed by atoms with E-state index in [-0.39, 0.29) is 6.42 Å². The van der Waals surface area contributed by atoms with E-state index in [2.05, 4.69) is 19.9 Å². The molecule has 0 aromatic carbocycles. The Bertz CT molecular complexity index is 285. The van der Waals surface area contributed by atoms with Crippen LogP contribution in [0.2, 0.25) is 0 Å². The summed E-state index contributed by atoms with van der Waals surface area (Å²) in [5.41, 5.74) is 1.05. The van der Waals surface area contributed by atoms with Crippen LogP contribution in [0.4, 0.5) is 13.2 Å². The van der Waals surface area contributed by atoms with Crippen LogP contribution in [0.1, 0.15) is 78.1 Å². The number of alkyl halides is 3. The van der Waals surface area contributed by atoms with Gasteiger partial charge >= 0.3 is 6.18 Å². The van der Waals surface area contributed by atoms with Crippen molar-refractivity contribution in [2.45, 2.75) is 84.2 Å². The van der Waals surface area contributed by atoms with Crippen molar-refractivity contribution in [3.63, 3.8) is 0 Å². The van der Waals surface area contributed by atoms with E-state index in [0.717, 1.165) is 24.3 Å². The van der Waals surface area contributed by atoms with Gasteiger partial charge in [-0.25, -0.2) is 0 Å². The van der Waals surface area contributed by atoms with Gasteiger partial charge in [0, 0.05) is 6.42 Å². The minimum atomic E-state index is -4.01. The van der Waals surface area contributed by atoms with Gasteiger partial charge in [0.25, 0.3) is 0 Å². The first-order chi connectivity index (χ1) is 9.44. The molecule has 0 spiro atoms. The summed E-state index contributed by atoms with van der Waals surface area (Å²) in [7, 11) is 0. The second-order valence-corrected chi connectivity index (χ2v) is 6.27. The van der Waals surface area contributed by atoms with E-state index in [9.17, 15) is 13.2 Å². The van der Waals surface area contributed by atoms with Crippen LogP contribution in [0.5, 0.6) is 0 Å². The molecule has 0 unspecified atom stereocenters. The van der Waals surface area contributed by atoms with E-state index in [1.54, 1.807) is 0 Å². The lowest BCUT2D eigenvalue weighted by Gasteiger charge is -2.25. The molecular formula is C17H29F3. The molecule has 1 aliphatic rings. The van der Waals surface area contributed by atoms with E-state index in [1.807, 2.05) is 0 Å². The van der Waals surface area contributed by atoms with Gasteiger partial charge in [-0.05, 0) is 43.9 Å². The molecule has 0 nitrogen and oxygen atoms in total. The van der Waals surface area contributed by atoms with Gasteiger partial charge in [-0.2, -0.15) is 13.2 Å². The number of hydrogen-bond acceptors (Lipinski definition) is 0. The van der Waals surface area contributed by atoms with Gasteiger partial charge in [0.2, 0.25) is 0 Å². The van der Waals surface area contributed by atoms with Crippen LogP contribution in [0, 0.1) is 11.8 Å². The lowest BCUT2D eigenvalue weighted by atomic mass is 9.81.